The number of alkyl halides is 1. The molecule has 0 fully saturated rings. The van der Waals surface area contributed by atoms with Crippen molar-refractivity contribution in [1.29, 1.82) is 0 Å². The van der Waals surface area contributed by atoms with Crippen LogP contribution in [0.1, 0.15) is 19.4 Å². The van der Waals surface area contributed by atoms with Gasteiger partial charge in [0.2, 0.25) is 6.79 Å². The van der Waals surface area contributed by atoms with Gasteiger partial charge in [-0.05, 0) is 26.0 Å². The van der Waals surface area contributed by atoms with E-state index in [-0.39, 0.29) is 12.6 Å². The minimum Gasteiger partial charge on any atom is -0.454 e. The van der Waals surface area contributed by atoms with Crippen LogP contribution in [0.5, 0.6) is 11.5 Å². The number of fused-ring (bicyclic) bond motifs is 1. The number of nitrogen functional groups attached to an aromatic ring is 1. The van der Waals surface area contributed by atoms with Crippen molar-refractivity contribution >= 4 is 5.82 Å². The summed E-state index contributed by atoms with van der Waals surface area (Å²) in [7, 11) is 0. The molecule has 6 heteroatoms. The number of nitrogens with two attached hydrogens (primary N) is 1. The third-order valence-electron chi connectivity index (χ3n) is 2.95. The topological polar surface area (TPSA) is 70.5 Å². The number of nitrogens with zero attached hydrogens (tertiary/aromatic N) is 1. The van der Waals surface area contributed by atoms with Gasteiger partial charge in [0.15, 0.2) is 23.1 Å². The van der Waals surface area contributed by atoms with E-state index in [0.29, 0.717) is 28.4 Å². The molecule has 1 aromatic carbocycles. The molecule has 19 heavy (non-hydrogen) atoms. The van der Waals surface area contributed by atoms with E-state index in [1.807, 2.05) is 0 Å². The number of hydrogen-bond donors (Lipinski definition) is 1. The first kappa shape index (κ1) is 11.8. The average Bonchev–Trinajstić information content (AvgIpc) is 2.93. The first-order chi connectivity index (χ1) is 8.95. The van der Waals surface area contributed by atoms with Gasteiger partial charge in [-0.25, -0.2) is 4.39 Å². The summed E-state index contributed by atoms with van der Waals surface area (Å²) in [6.07, 6.45) is 0. The van der Waals surface area contributed by atoms with Gasteiger partial charge in [-0.15, -0.1) is 0 Å². The molecule has 0 radical (unpaired) electrons. The average molecular weight is 264 g/mol. The minimum atomic E-state index is -1.56. The SMILES string of the molecule is CC(C)(F)c1cc2c(cc1-c1cc(N)no1)OCO2. The van der Waals surface area contributed by atoms with Crippen LogP contribution in [0.3, 0.4) is 0 Å². The maximum absolute atomic E-state index is 14.4. The Bertz CT molecular complexity index is 631. The molecule has 5 nitrogen and oxygen atoms in total. The molecule has 0 saturated carbocycles. The summed E-state index contributed by atoms with van der Waals surface area (Å²) in [5.74, 6) is 1.72. The van der Waals surface area contributed by atoms with Gasteiger partial charge in [0.25, 0.3) is 0 Å². The Hall–Kier alpha value is -2.24. The van der Waals surface area contributed by atoms with Crippen LogP contribution >= 0.6 is 0 Å². The summed E-state index contributed by atoms with van der Waals surface area (Å²) < 4.78 is 30.0. The van der Waals surface area contributed by atoms with Gasteiger partial charge in [-0.1, -0.05) is 5.16 Å². The van der Waals surface area contributed by atoms with Crippen LogP contribution in [0, 0.1) is 0 Å². The van der Waals surface area contributed by atoms with E-state index in [2.05, 4.69) is 5.16 Å². The van der Waals surface area contributed by atoms with E-state index in [1.165, 1.54) is 13.8 Å². The monoisotopic (exact) mass is 264 g/mol. The van der Waals surface area contributed by atoms with E-state index in [4.69, 9.17) is 19.7 Å². The summed E-state index contributed by atoms with van der Waals surface area (Å²) >= 11 is 0. The van der Waals surface area contributed by atoms with Crippen molar-refractivity contribution in [2.24, 2.45) is 0 Å². The number of ether oxygens (including phenoxy) is 2. The molecule has 100 valence electrons. The van der Waals surface area contributed by atoms with Crippen LogP contribution in [0.4, 0.5) is 10.2 Å². The molecule has 0 atom stereocenters. The number of benzene rings is 1. The van der Waals surface area contributed by atoms with Gasteiger partial charge >= 0.3 is 0 Å². The lowest BCUT2D eigenvalue weighted by Gasteiger charge is -2.18. The minimum absolute atomic E-state index is 0.128. The summed E-state index contributed by atoms with van der Waals surface area (Å²) in [5, 5.41) is 3.62. The zero-order valence-corrected chi connectivity index (χ0v) is 10.6. The molecule has 0 aliphatic carbocycles. The Labute approximate surface area is 109 Å². The molecule has 0 bridgehead atoms. The molecule has 2 heterocycles. The first-order valence-corrected chi connectivity index (χ1v) is 5.81. The summed E-state index contributed by atoms with van der Waals surface area (Å²) in [6.45, 7) is 3.06. The molecule has 3 rings (SSSR count). The number of halogens is 1. The molecular weight excluding hydrogens is 251 g/mol. The third kappa shape index (κ3) is 1.99. The molecule has 0 unspecified atom stereocenters. The predicted molar refractivity (Wildman–Crippen MR) is 66.6 cm³/mol. The van der Waals surface area contributed by atoms with Crippen LogP contribution < -0.4 is 15.2 Å². The smallest absolute Gasteiger partial charge is 0.231 e. The summed E-state index contributed by atoms with van der Waals surface area (Å²) in [5.41, 5.74) is 4.97. The van der Waals surface area contributed by atoms with Crippen molar-refractivity contribution in [3.05, 3.63) is 23.8 Å². The lowest BCUT2D eigenvalue weighted by Crippen LogP contribution is -2.10. The van der Waals surface area contributed by atoms with E-state index in [9.17, 15) is 4.39 Å². The van der Waals surface area contributed by atoms with Gasteiger partial charge in [-0.3, -0.25) is 0 Å². The molecule has 0 spiro atoms. The fourth-order valence-electron chi connectivity index (χ4n) is 2.05. The fourth-order valence-corrected chi connectivity index (χ4v) is 2.05. The van der Waals surface area contributed by atoms with Crippen LogP contribution in [0.2, 0.25) is 0 Å². The number of anilines is 1. The van der Waals surface area contributed by atoms with Crippen molar-refractivity contribution in [3.63, 3.8) is 0 Å². The Morgan fingerprint density at radius 2 is 1.89 bits per heavy atom. The summed E-state index contributed by atoms with van der Waals surface area (Å²) in [6, 6.07) is 4.85. The summed E-state index contributed by atoms with van der Waals surface area (Å²) in [4.78, 5) is 0. The molecule has 1 aromatic heterocycles. The van der Waals surface area contributed by atoms with Crippen molar-refractivity contribution in [2.75, 3.05) is 12.5 Å². The number of aromatic nitrogens is 1. The van der Waals surface area contributed by atoms with Crippen LogP contribution in [-0.4, -0.2) is 11.9 Å². The Balaban J connectivity index is 2.22. The molecule has 1 aliphatic rings. The van der Waals surface area contributed by atoms with Crippen LogP contribution in [0.25, 0.3) is 11.3 Å². The largest absolute Gasteiger partial charge is 0.454 e. The highest BCUT2D eigenvalue weighted by atomic mass is 19.1. The quantitative estimate of drug-likeness (QED) is 0.903. The molecule has 2 aromatic rings. The molecule has 2 N–H and O–H groups in total. The van der Waals surface area contributed by atoms with E-state index < -0.39 is 5.67 Å². The van der Waals surface area contributed by atoms with Crippen molar-refractivity contribution < 1.29 is 18.4 Å². The second kappa shape index (κ2) is 3.88. The lowest BCUT2D eigenvalue weighted by molar-refractivity contribution is 0.173. The van der Waals surface area contributed by atoms with E-state index >= 15 is 0 Å². The lowest BCUT2D eigenvalue weighted by atomic mass is 9.92. The molecule has 0 amide bonds. The standard InChI is InChI=1S/C13H13FN2O3/c1-13(2,14)8-4-11-10(17-6-18-11)3-7(8)9-5-12(15)16-19-9/h3-5H,6H2,1-2H3,(H2,15,16). The first-order valence-electron chi connectivity index (χ1n) is 5.81. The zero-order valence-electron chi connectivity index (χ0n) is 10.6. The maximum Gasteiger partial charge on any atom is 0.231 e. The highest BCUT2D eigenvalue weighted by Crippen LogP contribution is 2.43. The van der Waals surface area contributed by atoms with Crippen molar-refractivity contribution in [1.82, 2.24) is 5.16 Å². The Morgan fingerprint density at radius 1 is 1.21 bits per heavy atom. The third-order valence-corrected chi connectivity index (χ3v) is 2.95. The molecular formula is C13H13FN2O3. The van der Waals surface area contributed by atoms with Gasteiger partial charge in [-0.2, -0.15) is 0 Å². The number of rotatable bonds is 2. The van der Waals surface area contributed by atoms with E-state index in [0.717, 1.165) is 0 Å². The van der Waals surface area contributed by atoms with Gasteiger partial charge < -0.3 is 19.7 Å². The van der Waals surface area contributed by atoms with Gasteiger partial charge in [0.05, 0.1) is 0 Å². The van der Waals surface area contributed by atoms with Crippen molar-refractivity contribution in [3.8, 4) is 22.8 Å². The Morgan fingerprint density at radius 3 is 2.47 bits per heavy atom. The second-order valence-electron chi connectivity index (χ2n) is 4.84. The van der Waals surface area contributed by atoms with Gasteiger partial charge in [0, 0.05) is 17.2 Å². The van der Waals surface area contributed by atoms with Gasteiger partial charge in [0.1, 0.15) is 5.67 Å². The highest BCUT2D eigenvalue weighted by molar-refractivity contribution is 5.70. The van der Waals surface area contributed by atoms with Crippen LogP contribution in [-0.2, 0) is 5.67 Å². The molecule has 0 saturated heterocycles. The number of hydrogen-bond acceptors (Lipinski definition) is 5. The highest BCUT2D eigenvalue weighted by Gasteiger charge is 2.29. The maximum atomic E-state index is 14.4. The Kier molecular flexibility index (Phi) is 2.41. The normalized spacial score (nSPS) is 13.8. The fraction of sp³-hybridized carbons (Fsp3) is 0.308. The van der Waals surface area contributed by atoms with Crippen molar-refractivity contribution in [2.45, 2.75) is 19.5 Å². The molecule has 1 aliphatic heterocycles. The van der Waals surface area contributed by atoms with E-state index in [1.54, 1.807) is 18.2 Å². The van der Waals surface area contributed by atoms with Crippen LogP contribution in [0.15, 0.2) is 22.7 Å². The zero-order chi connectivity index (χ0) is 13.6. The predicted octanol–water partition coefficient (Wildman–Crippen LogP) is 2.86. The second-order valence-corrected chi connectivity index (χ2v) is 4.84.